The van der Waals surface area contributed by atoms with Crippen molar-refractivity contribution in [3.8, 4) is 5.75 Å². The Labute approximate surface area is 117 Å². The Bertz CT molecular complexity index is 372. The van der Waals surface area contributed by atoms with E-state index < -0.39 is 0 Å². The SMILES string of the molecule is CCNC(C)(CO)CCCOc1c(C)cccc1C. The Morgan fingerprint density at radius 2 is 1.89 bits per heavy atom. The van der Waals surface area contributed by atoms with Crippen LogP contribution in [0, 0.1) is 13.8 Å². The van der Waals surface area contributed by atoms with E-state index in [2.05, 4.69) is 45.1 Å². The second-order valence-corrected chi connectivity index (χ2v) is 5.42. The molecule has 0 spiro atoms. The third kappa shape index (κ3) is 4.84. The van der Waals surface area contributed by atoms with Gasteiger partial charge in [0, 0.05) is 5.54 Å². The maximum absolute atomic E-state index is 9.42. The molecule has 0 aliphatic heterocycles. The van der Waals surface area contributed by atoms with E-state index in [0.29, 0.717) is 6.61 Å². The Balaban J connectivity index is 2.42. The summed E-state index contributed by atoms with van der Waals surface area (Å²) >= 11 is 0. The largest absolute Gasteiger partial charge is 0.493 e. The molecule has 1 unspecified atom stereocenters. The van der Waals surface area contributed by atoms with Gasteiger partial charge in [0.2, 0.25) is 0 Å². The molecule has 0 fully saturated rings. The first-order valence-corrected chi connectivity index (χ1v) is 7.07. The first-order chi connectivity index (χ1) is 9.02. The predicted octanol–water partition coefficient (Wildman–Crippen LogP) is 2.82. The van der Waals surface area contributed by atoms with Gasteiger partial charge < -0.3 is 15.2 Å². The summed E-state index contributed by atoms with van der Waals surface area (Å²) in [5.74, 6) is 0.997. The maximum Gasteiger partial charge on any atom is 0.125 e. The van der Waals surface area contributed by atoms with Crippen molar-refractivity contribution in [2.24, 2.45) is 0 Å². The van der Waals surface area contributed by atoms with E-state index in [4.69, 9.17) is 4.74 Å². The van der Waals surface area contributed by atoms with Crippen LogP contribution in [0.4, 0.5) is 0 Å². The van der Waals surface area contributed by atoms with Crippen LogP contribution in [0.2, 0.25) is 0 Å². The molecule has 1 aromatic carbocycles. The third-order valence-corrected chi connectivity index (χ3v) is 3.48. The van der Waals surface area contributed by atoms with Gasteiger partial charge in [-0.05, 0) is 51.3 Å². The summed E-state index contributed by atoms with van der Waals surface area (Å²) in [6, 6.07) is 6.18. The highest BCUT2D eigenvalue weighted by Gasteiger charge is 2.21. The van der Waals surface area contributed by atoms with Gasteiger partial charge >= 0.3 is 0 Å². The van der Waals surface area contributed by atoms with Crippen LogP contribution in [0.1, 0.15) is 37.8 Å². The van der Waals surface area contributed by atoms with Gasteiger partial charge in [-0.2, -0.15) is 0 Å². The van der Waals surface area contributed by atoms with Gasteiger partial charge in [0.05, 0.1) is 13.2 Å². The molecule has 0 saturated carbocycles. The monoisotopic (exact) mass is 265 g/mol. The number of benzene rings is 1. The van der Waals surface area contributed by atoms with Gasteiger partial charge in [-0.1, -0.05) is 25.1 Å². The van der Waals surface area contributed by atoms with E-state index in [9.17, 15) is 5.11 Å². The van der Waals surface area contributed by atoms with Crippen molar-refractivity contribution in [2.75, 3.05) is 19.8 Å². The van der Waals surface area contributed by atoms with Gasteiger partial charge in [-0.15, -0.1) is 0 Å². The molecule has 3 heteroatoms. The summed E-state index contributed by atoms with van der Waals surface area (Å²) in [6.45, 7) is 9.96. The first kappa shape index (κ1) is 16.0. The van der Waals surface area contributed by atoms with E-state index in [1.165, 1.54) is 11.1 Å². The Morgan fingerprint density at radius 3 is 2.42 bits per heavy atom. The van der Waals surface area contributed by atoms with Crippen molar-refractivity contribution < 1.29 is 9.84 Å². The molecule has 0 aliphatic rings. The molecule has 0 heterocycles. The highest BCUT2D eigenvalue weighted by atomic mass is 16.5. The average Bonchev–Trinajstić information content (AvgIpc) is 2.38. The molecule has 0 bridgehead atoms. The Kier molecular flexibility index (Phi) is 6.32. The molecule has 19 heavy (non-hydrogen) atoms. The summed E-state index contributed by atoms with van der Waals surface area (Å²) in [6.07, 6.45) is 1.83. The van der Waals surface area contributed by atoms with Crippen molar-refractivity contribution in [3.05, 3.63) is 29.3 Å². The molecule has 0 saturated heterocycles. The molecule has 0 amide bonds. The van der Waals surface area contributed by atoms with Crippen LogP contribution < -0.4 is 10.1 Å². The number of likely N-dealkylation sites (N-methyl/N-ethyl adjacent to an activating group) is 1. The van der Waals surface area contributed by atoms with Gasteiger partial charge in [-0.25, -0.2) is 0 Å². The van der Waals surface area contributed by atoms with Gasteiger partial charge in [0.1, 0.15) is 5.75 Å². The molecule has 1 aromatic rings. The van der Waals surface area contributed by atoms with Crippen LogP contribution in [0.5, 0.6) is 5.75 Å². The number of para-hydroxylation sites is 1. The predicted molar refractivity (Wildman–Crippen MR) is 79.8 cm³/mol. The number of aliphatic hydroxyl groups is 1. The lowest BCUT2D eigenvalue weighted by atomic mass is 9.97. The standard InChI is InChI=1S/C16H27NO2/c1-5-17-16(4,12-18)10-7-11-19-15-13(2)8-6-9-14(15)3/h6,8-9,17-18H,5,7,10-12H2,1-4H3. The number of aryl methyl sites for hydroxylation is 2. The summed E-state index contributed by atoms with van der Waals surface area (Å²) in [4.78, 5) is 0. The second kappa shape index (κ2) is 7.51. The molecule has 0 radical (unpaired) electrons. The number of hydrogen-bond donors (Lipinski definition) is 2. The molecular weight excluding hydrogens is 238 g/mol. The topological polar surface area (TPSA) is 41.5 Å². The molecule has 2 N–H and O–H groups in total. The Morgan fingerprint density at radius 1 is 1.26 bits per heavy atom. The minimum Gasteiger partial charge on any atom is -0.493 e. The number of rotatable bonds is 8. The Hall–Kier alpha value is -1.06. The first-order valence-electron chi connectivity index (χ1n) is 7.07. The van der Waals surface area contributed by atoms with Crippen molar-refractivity contribution in [3.63, 3.8) is 0 Å². The summed E-state index contributed by atoms with van der Waals surface area (Å²) < 4.78 is 5.88. The van der Waals surface area contributed by atoms with E-state index in [-0.39, 0.29) is 12.1 Å². The number of hydrogen-bond acceptors (Lipinski definition) is 3. The lowest BCUT2D eigenvalue weighted by Gasteiger charge is -2.28. The lowest BCUT2D eigenvalue weighted by Crippen LogP contribution is -2.45. The van der Waals surface area contributed by atoms with Gasteiger partial charge in [0.25, 0.3) is 0 Å². The third-order valence-electron chi connectivity index (χ3n) is 3.48. The van der Waals surface area contributed by atoms with Crippen LogP contribution in [0.15, 0.2) is 18.2 Å². The molecule has 1 atom stereocenters. The smallest absolute Gasteiger partial charge is 0.125 e. The maximum atomic E-state index is 9.42. The summed E-state index contributed by atoms with van der Waals surface area (Å²) in [7, 11) is 0. The minimum atomic E-state index is -0.196. The summed E-state index contributed by atoms with van der Waals surface area (Å²) in [5, 5.41) is 12.7. The van der Waals surface area contributed by atoms with Crippen molar-refractivity contribution in [2.45, 2.75) is 46.1 Å². The highest BCUT2D eigenvalue weighted by Crippen LogP contribution is 2.23. The van der Waals surface area contributed by atoms with E-state index >= 15 is 0 Å². The van der Waals surface area contributed by atoms with Crippen LogP contribution in [-0.4, -0.2) is 30.4 Å². The second-order valence-electron chi connectivity index (χ2n) is 5.42. The molecule has 0 aliphatic carbocycles. The fraction of sp³-hybridized carbons (Fsp3) is 0.625. The lowest BCUT2D eigenvalue weighted by molar-refractivity contribution is 0.157. The number of nitrogens with one attached hydrogen (secondary N) is 1. The molecular formula is C16H27NO2. The zero-order valence-electron chi connectivity index (χ0n) is 12.6. The van der Waals surface area contributed by atoms with E-state index in [1.807, 2.05) is 6.07 Å². The van der Waals surface area contributed by atoms with Crippen molar-refractivity contribution >= 4 is 0 Å². The van der Waals surface area contributed by atoms with E-state index in [0.717, 1.165) is 25.1 Å². The van der Waals surface area contributed by atoms with Gasteiger partial charge in [0.15, 0.2) is 0 Å². The molecule has 1 rings (SSSR count). The minimum absolute atomic E-state index is 0.157. The molecule has 3 nitrogen and oxygen atoms in total. The molecule has 0 aromatic heterocycles. The van der Waals surface area contributed by atoms with Crippen LogP contribution >= 0.6 is 0 Å². The van der Waals surface area contributed by atoms with Crippen molar-refractivity contribution in [1.82, 2.24) is 5.32 Å². The fourth-order valence-corrected chi connectivity index (χ4v) is 2.31. The molecule has 108 valence electrons. The summed E-state index contributed by atoms with van der Waals surface area (Å²) in [5.41, 5.74) is 2.16. The zero-order chi connectivity index (χ0) is 14.3. The van der Waals surface area contributed by atoms with Crippen LogP contribution in [-0.2, 0) is 0 Å². The zero-order valence-corrected chi connectivity index (χ0v) is 12.6. The van der Waals surface area contributed by atoms with Gasteiger partial charge in [-0.3, -0.25) is 0 Å². The average molecular weight is 265 g/mol. The normalized spacial score (nSPS) is 14.2. The quantitative estimate of drug-likeness (QED) is 0.710. The van der Waals surface area contributed by atoms with Crippen LogP contribution in [0.3, 0.4) is 0 Å². The number of ether oxygens (including phenoxy) is 1. The van der Waals surface area contributed by atoms with Crippen molar-refractivity contribution in [1.29, 1.82) is 0 Å². The van der Waals surface area contributed by atoms with Crippen LogP contribution in [0.25, 0.3) is 0 Å². The number of aliphatic hydroxyl groups excluding tert-OH is 1. The fourth-order valence-electron chi connectivity index (χ4n) is 2.31. The highest BCUT2D eigenvalue weighted by molar-refractivity contribution is 5.39. The van der Waals surface area contributed by atoms with E-state index in [1.54, 1.807) is 0 Å².